The van der Waals surface area contributed by atoms with Crippen LogP contribution < -0.4 is 0 Å². The van der Waals surface area contributed by atoms with Gasteiger partial charge in [-0.3, -0.25) is 0 Å². The van der Waals surface area contributed by atoms with Gasteiger partial charge in [0, 0.05) is 4.91 Å². The fourth-order valence-electron chi connectivity index (χ4n) is 3.32. The van der Waals surface area contributed by atoms with Crippen LogP contribution in [0.5, 0.6) is 0 Å². The van der Waals surface area contributed by atoms with Crippen molar-refractivity contribution in [3.8, 4) is 0 Å². The van der Waals surface area contributed by atoms with Crippen molar-refractivity contribution in [3.05, 3.63) is 82.2 Å². The molecular formula is C21H25N3O6. The van der Waals surface area contributed by atoms with Gasteiger partial charge in [0.15, 0.2) is 6.29 Å². The molecule has 1 aliphatic rings. The lowest BCUT2D eigenvalue weighted by atomic mass is 9.90. The smallest absolute Gasteiger partial charge is 0.186 e. The summed E-state index contributed by atoms with van der Waals surface area (Å²) in [5.74, 6) is 0. The van der Waals surface area contributed by atoms with Crippen LogP contribution in [-0.4, -0.2) is 58.7 Å². The van der Waals surface area contributed by atoms with Crippen LogP contribution in [0.25, 0.3) is 10.4 Å². The van der Waals surface area contributed by atoms with E-state index in [0.29, 0.717) is 0 Å². The maximum atomic E-state index is 10.5. The second-order valence-electron chi connectivity index (χ2n) is 7.13. The molecule has 0 aliphatic carbocycles. The van der Waals surface area contributed by atoms with Gasteiger partial charge in [0.2, 0.25) is 0 Å². The van der Waals surface area contributed by atoms with Crippen molar-refractivity contribution in [1.82, 2.24) is 0 Å². The standard InChI is InChI=1S/C21H25N3O6/c22-24-23-21(13-25,14-28-11-15-7-3-1-4-8-15)19-17(26)18(27)20(30-19)29-12-16-9-5-2-6-10-16/h1-10,17-20,25-27H,11-14H2/t17-,18+,19+,20+,21-/m1/s1. The highest BCUT2D eigenvalue weighted by Gasteiger charge is 2.54. The highest BCUT2D eigenvalue weighted by atomic mass is 16.7. The molecule has 0 aromatic heterocycles. The highest BCUT2D eigenvalue weighted by Crippen LogP contribution is 2.33. The van der Waals surface area contributed by atoms with Crippen molar-refractivity contribution in [1.29, 1.82) is 0 Å². The van der Waals surface area contributed by atoms with Crippen molar-refractivity contribution in [3.63, 3.8) is 0 Å². The Morgan fingerprint density at radius 3 is 2.13 bits per heavy atom. The number of nitrogens with zero attached hydrogens (tertiary/aromatic N) is 3. The molecule has 5 atom stereocenters. The van der Waals surface area contributed by atoms with Crippen LogP contribution in [0.2, 0.25) is 0 Å². The van der Waals surface area contributed by atoms with Crippen LogP contribution in [0.4, 0.5) is 0 Å². The maximum absolute atomic E-state index is 10.5. The molecule has 0 spiro atoms. The van der Waals surface area contributed by atoms with E-state index in [0.717, 1.165) is 11.1 Å². The lowest BCUT2D eigenvalue weighted by Crippen LogP contribution is -2.53. The Morgan fingerprint density at radius 1 is 0.967 bits per heavy atom. The zero-order chi connectivity index (χ0) is 21.4. The van der Waals surface area contributed by atoms with Gasteiger partial charge in [-0.1, -0.05) is 65.8 Å². The number of benzene rings is 2. The van der Waals surface area contributed by atoms with Crippen LogP contribution in [0.1, 0.15) is 11.1 Å². The quantitative estimate of drug-likeness (QED) is 0.308. The minimum absolute atomic E-state index is 0.153. The molecule has 0 bridgehead atoms. The van der Waals surface area contributed by atoms with Crippen molar-refractivity contribution < 1.29 is 29.5 Å². The number of rotatable bonds is 10. The van der Waals surface area contributed by atoms with Crippen molar-refractivity contribution >= 4 is 0 Å². The monoisotopic (exact) mass is 415 g/mol. The van der Waals surface area contributed by atoms with Gasteiger partial charge in [-0.25, -0.2) is 0 Å². The summed E-state index contributed by atoms with van der Waals surface area (Å²) in [6.45, 7) is -0.503. The molecule has 1 heterocycles. The van der Waals surface area contributed by atoms with Gasteiger partial charge >= 0.3 is 0 Å². The molecule has 3 N–H and O–H groups in total. The van der Waals surface area contributed by atoms with Crippen molar-refractivity contribution in [2.24, 2.45) is 5.11 Å². The first-order valence-corrected chi connectivity index (χ1v) is 9.55. The fraction of sp³-hybridized carbons (Fsp3) is 0.429. The van der Waals surface area contributed by atoms with Gasteiger partial charge < -0.3 is 29.5 Å². The Labute approximate surface area is 174 Å². The van der Waals surface area contributed by atoms with Crippen LogP contribution >= 0.6 is 0 Å². The van der Waals surface area contributed by atoms with E-state index in [2.05, 4.69) is 10.0 Å². The van der Waals surface area contributed by atoms with E-state index in [-0.39, 0.29) is 19.8 Å². The summed E-state index contributed by atoms with van der Waals surface area (Å²) in [5, 5.41) is 34.6. The Bertz CT molecular complexity index is 833. The zero-order valence-corrected chi connectivity index (χ0v) is 16.3. The van der Waals surface area contributed by atoms with E-state index in [9.17, 15) is 15.3 Å². The van der Waals surface area contributed by atoms with E-state index in [1.54, 1.807) is 0 Å². The van der Waals surface area contributed by atoms with Crippen LogP contribution in [0.3, 0.4) is 0 Å². The largest absolute Gasteiger partial charge is 0.395 e. The van der Waals surface area contributed by atoms with Crippen LogP contribution in [0, 0.1) is 0 Å². The first-order valence-electron chi connectivity index (χ1n) is 9.55. The minimum atomic E-state index is -1.63. The lowest BCUT2D eigenvalue weighted by Gasteiger charge is -2.33. The number of ether oxygens (including phenoxy) is 3. The number of azide groups is 1. The minimum Gasteiger partial charge on any atom is -0.395 e. The van der Waals surface area contributed by atoms with E-state index in [4.69, 9.17) is 19.7 Å². The van der Waals surface area contributed by atoms with Gasteiger partial charge in [0.25, 0.3) is 0 Å². The Balaban J connectivity index is 1.68. The topological polar surface area (TPSA) is 137 Å². The van der Waals surface area contributed by atoms with Gasteiger partial charge in [-0.15, -0.1) is 0 Å². The summed E-state index contributed by atoms with van der Waals surface area (Å²) in [5.41, 5.74) is 9.16. The maximum Gasteiger partial charge on any atom is 0.186 e. The number of aliphatic hydroxyl groups excluding tert-OH is 3. The summed E-state index contributed by atoms with van der Waals surface area (Å²) in [6.07, 6.45) is -5.19. The summed E-state index contributed by atoms with van der Waals surface area (Å²) < 4.78 is 16.9. The Morgan fingerprint density at radius 2 is 1.57 bits per heavy atom. The number of hydrogen-bond donors (Lipinski definition) is 3. The van der Waals surface area contributed by atoms with Gasteiger partial charge in [-0.2, -0.15) is 0 Å². The molecule has 1 fully saturated rings. The number of hydrogen-bond acceptors (Lipinski definition) is 7. The van der Waals surface area contributed by atoms with E-state index in [1.165, 1.54) is 0 Å². The third kappa shape index (κ3) is 5.16. The molecule has 0 radical (unpaired) electrons. The molecule has 0 amide bonds. The third-order valence-corrected chi connectivity index (χ3v) is 4.99. The van der Waals surface area contributed by atoms with Crippen LogP contribution in [0.15, 0.2) is 65.8 Å². The highest BCUT2D eigenvalue weighted by molar-refractivity contribution is 5.14. The predicted octanol–water partition coefficient (Wildman–Crippen LogP) is 1.91. The lowest BCUT2D eigenvalue weighted by molar-refractivity contribution is -0.185. The van der Waals surface area contributed by atoms with Crippen LogP contribution in [-0.2, 0) is 27.4 Å². The SMILES string of the molecule is [N-]=[N+]=N[C@](CO)(COCc1ccccc1)[C@H]1O[C@H](OCc2ccccc2)[C@@H](O)[C@H]1O. The molecule has 9 nitrogen and oxygen atoms in total. The van der Waals surface area contributed by atoms with E-state index < -0.39 is 36.7 Å². The fourth-order valence-corrected chi connectivity index (χ4v) is 3.32. The summed E-state index contributed by atoms with van der Waals surface area (Å²) in [4.78, 5) is 2.80. The molecule has 160 valence electrons. The third-order valence-electron chi connectivity index (χ3n) is 4.99. The second kappa shape index (κ2) is 10.5. The molecule has 0 saturated carbocycles. The Kier molecular flexibility index (Phi) is 7.78. The summed E-state index contributed by atoms with van der Waals surface area (Å²) in [7, 11) is 0. The molecule has 30 heavy (non-hydrogen) atoms. The van der Waals surface area contributed by atoms with E-state index in [1.807, 2.05) is 60.7 Å². The van der Waals surface area contributed by atoms with Crippen molar-refractivity contribution in [2.45, 2.75) is 43.4 Å². The first kappa shape index (κ1) is 22.2. The molecule has 9 heteroatoms. The average molecular weight is 415 g/mol. The molecule has 1 saturated heterocycles. The summed E-state index contributed by atoms with van der Waals surface area (Å²) in [6, 6.07) is 18.6. The van der Waals surface area contributed by atoms with Gasteiger partial charge in [0.05, 0.1) is 26.4 Å². The number of aliphatic hydroxyl groups is 3. The summed E-state index contributed by atoms with van der Waals surface area (Å²) >= 11 is 0. The molecule has 3 rings (SSSR count). The second-order valence-corrected chi connectivity index (χ2v) is 7.13. The molecule has 2 aromatic rings. The first-order chi connectivity index (χ1) is 14.6. The normalized spacial score (nSPS) is 25.4. The zero-order valence-electron chi connectivity index (χ0n) is 16.3. The van der Waals surface area contributed by atoms with E-state index >= 15 is 0 Å². The average Bonchev–Trinajstić information content (AvgIpc) is 3.07. The predicted molar refractivity (Wildman–Crippen MR) is 107 cm³/mol. The molecule has 2 aromatic carbocycles. The van der Waals surface area contributed by atoms with Crippen molar-refractivity contribution in [2.75, 3.05) is 13.2 Å². The molecule has 0 unspecified atom stereocenters. The Hall–Kier alpha value is -2.49. The molecular weight excluding hydrogens is 390 g/mol. The molecule has 1 aliphatic heterocycles. The van der Waals surface area contributed by atoms with Gasteiger partial charge in [-0.05, 0) is 16.7 Å². The van der Waals surface area contributed by atoms with Gasteiger partial charge in [0.1, 0.15) is 23.9 Å².